The summed E-state index contributed by atoms with van der Waals surface area (Å²) in [5.74, 6) is -13.1. The predicted octanol–water partition coefficient (Wildman–Crippen LogP) is -2.15. The van der Waals surface area contributed by atoms with Crippen molar-refractivity contribution in [1.82, 2.24) is 0 Å². The van der Waals surface area contributed by atoms with Crippen LogP contribution in [-0.4, -0.2) is 17.4 Å². The summed E-state index contributed by atoms with van der Waals surface area (Å²) in [5, 5.41) is 16.3. The number of halogens is 5. The van der Waals surface area contributed by atoms with Crippen molar-refractivity contribution in [2.45, 2.75) is 0 Å². The smallest absolute Gasteiger partial charge is 1.00 e. The SMILES string of the molecule is OB(O)Oc1c(F)c(F)c(F)c(F)c1F.[H-].[K+]. The van der Waals surface area contributed by atoms with Crippen LogP contribution < -0.4 is 56.0 Å². The van der Waals surface area contributed by atoms with Crippen LogP contribution in [0.15, 0.2) is 0 Å². The van der Waals surface area contributed by atoms with Gasteiger partial charge in [0.1, 0.15) is 0 Å². The molecule has 0 unspecified atom stereocenters. The molecule has 16 heavy (non-hydrogen) atoms. The molecular formula is C6H3BF5KO3. The second kappa shape index (κ2) is 6.29. The Hall–Kier alpha value is 0.291. The Labute approximate surface area is 130 Å². The number of benzene rings is 1. The van der Waals surface area contributed by atoms with E-state index in [4.69, 9.17) is 10.0 Å². The minimum absolute atomic E-state index is 0. The standard InChI is InChI=1S/C6H2BF5O3.K.H/c8-1-2(9)4(11)6(15-7(13)14)5(12)3(1)10;;/h13-14H;;/q;+1;-1. The third kappa shape index (κ3) is 3.15. The maximum absolute atomic E-state index is 12.7. The normalized spacial score (nSPS) is 9.69. The molecule has 84 valence electrons. The van der Waals surface area contributed by atoms with E-state index in [1.165, 1.54) is 0 Å². The van der Waals surface area contributed by atoms with Crippen molar-refractivity contribution < 1.29 is 89.5 Å². The summed E-state index contributed by atoms with van der Waals surface area (Å²) in [5.41, 5.74) is 0. The van der Waals surface area contributed by atoms with Gasteiger partial charge in [-0.15, -0.1) is 0 Å². The number of rotatable bonds is 2. The molecule has 1 aromatic carbocycles. The first-order valence-corrected chi connectivity index (χ1v) is 3.40. The first kappa shape index (κ1) is 16.3. The minimum Gasteiger partial charge on any atom is -1.00 e. The van der Waals surface area contributed by atoms with Gasteiger partial charge in [0.05, 0.1) is 0 Å². The van der Waals surface area contributed by atoms with Gasteiger partial charge in [0, 0.05) is 0 Å². The van der Waals surface area contributed by atoms with Gasteiger partial charge < -0.3 is 16.1 Å². The monoisotopic (exact) mass is 268 g/mol. The summed E-state index contributed by atoms with van der Waals surface area (Å²) in [6, 6.07) is 0. The van der Waals surface area contributed by atoms with Crippen molar-refractivity contribution in [1.29, 1.82) is 0 Å². The van der Waals surface area contributed by atoms with E-state index in [1.807, 2.05) is 0 Å². The van der Waals surface area contributed by atoms with Crippen molar-refractivity contribution >= 4 is 7.32 Å². The molecule has 0 spiro atoms. The Morgan fingerprint density at radius 2 is 1.12 bits per heavy atom. The van der Waals surface area contributed by atoms with Crippen LogP contribution in [0.25, 0.3) is 0 Å². The molecule has 0 saturated carbocycles. The quantitative estimate of drug-likeness (QED) is 0.278. The van der Waals surface area contributed by atoms with Crippen LogP contribution in [0.3, 0.4) is 0 Å². The average Bonchev–Trinajstić information content (AvgIpc) is 2.18. The molecular weight excluding hydrogens is 265 g/mol. The third-order valence-corrected chi connectivity index (χ3v) is 1.39. The van der Waals surface area contributed by atoms with E-state index >= 15 is 0 Å². The van der Waals surface area contributed by atoms with Crippen LogP contribution in [-0.2, 0) is 0 Å². The van der Waals surface area contributed by atoms with E-state index in [2.05, 4.69) is 4.65 Å². The van der Waals surface area contributed by atoms with Crippen molar-refractivity contribution in [2.75, 3.05) is 0 Å². The Kier molecular flexibility index (Phi) is 6.40. The van der Waals surface area contributed by atoms with Gasteiger partial charge in [-0.3, -0.25) is 0 Å². The van der Waals surface area contributed by atoms with Crippen LogP contribution in [0.4, 0.5) is 22.0 Å². The van der Waals surface area contributed by atoms with E-state index in [0.717, 1.165) is 0 Å². The first-order valence-electron chi connectivity index (χ1n) is 3.40. The van der Waals surface area contributed by atoms with Crippen LogP contribution in [0.1, 0.15) is 1.43 Å². The fourth-order valence-corrected chi connectivity index (χ4v) is 0.794. The molecule has 10 heteroatoms. The molecule has 0 atom stereocenters. The summed E-state index contributed by atoms with van der Waals surface area (Å²) in [4.78, 5) is 0. The fraction of sp³-hybridized carbons (Fsp3) is 0. The second-order valence-corrected chi connectivity index (χ2v) is 2.34. The molecule has 0 aliphatic rings. The number of hydrogen-bond donors (Lipinski definition) is 2. The third-order valence-electron chi connectivity index (χ3n) is 1.39. The van der Waals surface area contributed by atoms with Crippen LogP contribution in [0, 0.1) is 29.1 Å². The maximum Gasteiger partial charge on any atom is 1.00 e. The maximum atomic E-state index is 12.7. The predicted molar refractivity (Wildman–Crippen MR) is 38.2 cm³/mol. The first-order chi connectivity index (χ1) is 6.86. The summed E-state index contributed by atoms with van der Waals surface area (Å²) < 4.78 is 66.3. The van der Waals surface area contributed by atoms with Gasteiger partial charge >= 0.3 is 58.7 Å². The van der Waals surface area contributed by atoms with Crippen LogP contribution >= 0.6 is 0 Å². The fourth-order valence-electron chi connectivity index (χ4n) is 0.794. The summed E-state index contributed by atoms with van der Waals surface area (Å²) in [6.45, 7) is 0. The Balaban J connectivity index is 0. The second-order valence-electron chi connectivity index (χ2n) is 2.34. The van der Waals surface area contributed by atoms with Gasteiger partial charge in [-0.1, -0.05) is 0 Å². The van der Waals surface area contributed by atoms with Gasteiger partial charge in [-0.2, -0.15) is 8.78 Å². The molecule has 0 aliphatic heterocycles. The molecule has 0 heterocycles. The zero-order valence-corrected chi connectivity index (χ0v) is 10.9. The van der Waals surface area contributed by atoms with Crippen molar-refractivity contribution in [3.63, 3.8) is 0 Å². The largest absolute Gasteiger partial charge is 1.00 e. The topological polar surface area (TPSA) is 49.7 Å². The molecule has 0 saturated heterocycles. The van der Waals surface area contributed by atoms with E-state index in [-0.39, 0.29) is 52.8 Å². The molecule has 0 fully saturated rings. The van der Waals surface area contributed by atoms with Crippen LogP contribution in [0.2, 0.25) is 0 Å². The van der Waals surface area contributed by atoms with E-state index in [1.54, 1.807) is 0 Å². The van der Waals surface area contributed by atoms with Crippen molar-refractivity contribution in [2.24, 2.45) is 0 Å². The molecule has 0 bridgehead atoms. The molecule has 3 nitrogen and oxygen atoms in total. The molecule has 0 radical (unpaired) electrons. The molecule has 2 N–H and O–H groups in total. The van der Waals surface area contributed by atoms with E-state index in [9.17, 15) is 22.0 Å². The Morgan fingerprint density at radius 1 is 0.812 bits per heavy atom. The van der Waals surface area contributed by atoms with E-state index in [0.29, 0.717) is 0 Å². The molecule has 0 amide bonds. The van der Waals surface area contributed by atoms with E-state index < -0.39 is 42.2 Å². The zero-order valence-electron chi connectivity index (χ0n) is 8.77. The van der Waals surface area contributed by atoms with Gasteiger partial charge in [0.2, 0.25) is 29.1 Å². The van der Waals surface area contributed by atoms with Crippen molar-refractivity contribution in [3.05, 3.63) is 29.1 Å². The summed E-state index contributed by atoms with van der Waals surface area (Å²) in [6.07, 6.45) is 0. The molecule has 1 rings (SSSR count). The molecule has 1 aromatic rings. The van der Waals surface area contributed by atoms with Crippen molar-refractivity contribution in [3.8, 4) is 5.75 Å². The zero-order chi connectivity index (χ0) is 11.7. The van der Waals surface area contributed by atoms with Gasteiger partial charge in [-0.25, -0.2) is 13.2 Å². The Morgan fingerprint density at radius 3 is 1.44 bits per heavy atom. The van der Waals surface area contributed by atoms with Gasteiger partial charge in [0.25, 0.3) is 0 Å². The van der Waals surface area contributed by atoms with Crippen LogP contribution in [0.5, 0.6) is 5.75 Å². The molecule has 0 aromatic heterocycles. The molecule has 0 aliphatic carbocycles. The van der Waals surface area contributed by atoms with Gasteiger partial charge in [-0.05, 0) is 0 Å². The summed E-state index contributed by atoms with van der Waals surface area (Å²) in [7, 11) is -2.70. The van der Waals surface area contributed by atoms with Gasteiger partial charge in [0.15, 0.2) is 5.75 Å². The average molecular weight is 268 g/mol. The summed E-state index contributed by atoms with van der Waals surface area (Å²) >= 11 is 0. The minimum atomic E-state index is -2.70. The Bertz CT molecular complexity index is 379. The number of hydrogen-bond acceptors (Lipinski definition) is 3.